The molecule has 3 aliphatic rings. The molecule has 17 nitrogen and oxygen atoms in total. The fourth-order valence-corrected chi connectivity index (χ4v) is 7.81. The number of aldehydes is 1. The van der Waals surface area contributed by atoms with Crippen molar-refractivity contribution in [2.24, 2.45) is 5.92 Å². The standard InChI is InChI=1S/C40H51F3N8O9/c1-26-19-33(50(21-26)35(55)27(2)44-22-39(23-52)16-6-7-18-51(39)36(56)32-11-8-17-49(32)25-53)37(57)59-24-45-48-34(54)31(20-28-9-4-3-5-10-28)47-38(58)46-29-12-14-30(15-13-29)60-40(41,42)43/h3-5,9-10,12-15,23,25-27,31-33,44-45H,6-8,11,16-22,24H2,1-2H3,(H,48,54)(H2,46,47,58)/t26-,27-,31-,32-,33-,39+/m0/s1. The van der Waals surface area contributed by atoms with Gasteiger partial charge < -0.3 is 44.9 Å². The van der Waals surface area contributed by atoms with Crippen LogP contribution in [0.25, 0.3) is 0 Å². The Labute approximate surface area is 345 Å². The van der Waals surface area contributed by atoms with Gasteiger partial charge in [-0.05, 0) is 81.2 Å². The summed E-state index contributed by atoms with van der Waals surface area (Å²) in [5.41, 5.74) is 4.53. The number of esters is 1. The molecule has 2 aromatic rings. The van der Waals surface area contributed by atoms with Crippen LogP contribution in [0.15, 0.2) is 54.6 Å². The first-order valence-corrected chi connectivity index (χ1v) is 19.8. The van der Waals surface area contributed by atoms with E-state index in [1.54, 1.807) is 42.2 Å². The van der Waals surface area contributed by atoms with E-state index in [9.17, 15) is 46.7 Å². The highest BCUT2D eigenvalue weighted by Crippen LogP contribution is 2.31. The molecule has 5 rings (SSSR count). The van der Waals surface area contributed by atoms with Gasteiger partial charge in [-0.1, -0.05) is 37.3 Å². The van der Waals surface area contributed by atoms with Crippen LogP contribution in [-0.4, -0.2) is 126 Å². The van der Waals surface area contributed by atoms with E-state index >= 15 is 0 Å². The molecule has 3 saturated heterocycles. The number of amides is 6. The largest absolute Gasteiger partial charge is 0.573 e. The van der Waals surface area contributed by atoms with Crippen LogP contribution in [0.5, 0.6) is 5.75 Å². The minimum Gasteiger partial charge on any atom is -0.447 e. The Morgan fingerprint density at radius 3 is 2.38 bits per heavy atom. The number of nitrogens with one attached hydrogen (secondary N) is 5. The zero-order valence-corrected chi connectivity index (χ0v) is 33.4. The summed E-state index contributed by atoms with van der Waals surface area (Å²) >= 11 is 0. The molecule has 5 N–H and O–H groups in total. The van der Waals surface area contributed by atoms with Crippen LogP contribution in [0, 0.1) is 5.92 Å². The Morgan fingerprint density at radius 1 is 0.967 bits per heavy atom. The second-order valence-corrected chi connectivity index (χ2v) is 15.3. The molecule has 326 valence electrons. The number of alkyl halides is 3. The number of urea groups is 1. The predicted octanol–water partition coefficient (Wildman–Crippen LogP) is 2.23. The van der Waals surface area contributed by atoms with Crippen LogP contribution >= 0.6 is 0 Å². The van der Waals surface area contributed by atoms with Crippen molar-refractivity contribution in [3.05, 3.63) is 60.2 Å². The molecular weight excluding hydrogens is 793 g/mol. The normalized spacial score (nSPS) is 22.6. The summed E-state index contributed by atoms with van der Waals surface area (Å²) in [6.45, 7) is 4.10. The first-order chi connectivity index (χ1) is 28.6. The number of ether oxygens (including phenoxy) is 2. The van der Waals surface area contributed by atoms with E-state index in [-0.39, 0.29) is 37.0 Å². The van der Waals surface area contributed by atoms with Crippen LogP contribution in [0.1, 0.15) is 57.9 Å². The third-order valence-corrected chi connectivity index (χ3v) is 10.9. The fraction of sp³-hybridized carbons (Fsp3) is 0.525. The van der Waals surface area contributed by atoms with Crippen molar-refractivity contribution in [1.82, 2.24) is 36.2 Å². The van der Waals surface area contributed by atoms with E-state index in [0.29, 0.717) is 63.6 Å². The lowest BCUT2D eigenvalue weighted by atomic mass is 9.86. The van der Waals surface area contributed by atoms with Crippen molar-refractivity contribution in [2.45, 2.75) is 94.9 Å². The molecule has 3 heterocycles. The van der Waals surface area contributed by atoms with Crippen LogP contribution in [-0.2, 0) is 39.9 Å². The summed E-state index contributed by atoms with van der Waals surface area (Å²) < 4.78 is 46.8. The Morgan fingerprint density at radius 2 is 1.70 bits per heavy atom. The van der Waals surface area contributed by atoms with E-state index in [1.807, 2.05) is 6.92 Å². The molecule has 2 aromatic carbocycles. The monoisotopic (exact) mass is 844 g/mol. The number of benzene rings is 2. The Bertz CT molecular complexity index is 1840. The molecule has 3 fully saturated rings. The van der Waals surface area contributed by atoms with Gasteiger partial charge in [0.05, 0.1) is 6.04 Å². The molecule has 0 radical (unpaired) electrons. The van der Waals surface area contributed by atoms with Crippen molar-refractivity contribution in [2.75, 3.05) is 38.2 Å². The summed E-state index contributed by atoms with van der Waals surface area (Å²) in [6, 6.07) is 8.78. The lowest BCUT2D eigenvalue weighted by Crippen LogP contribution is -2.64. The minimum absolute atomic E-state index is 0.000746. The van der Waals surface area contributed by atoms with Gasteiger partial charge >= 0.3 is 18.4 Å². The summed E-state index contributed by atoms with van der Waals surface area (Å²) in [6.07, 6.45) is -0.123. The molecule has 0 saturated carbocycles. The average molecular weight is 845 g/mol. The number of halogens is 3. The smallest absolute Gasteiger partial charge is 0.447 e. The van der Waals surface area contributed by atoms with Crippen molar-refractivity contribution < 1.29 is 56.2 Å². The third-order valence-electron chi connectivity index (χ3n) is 10.9. The highest BCUT2D eigenvalue weighted by Gasteiger charge is 2.46. The maximum atomic E-state index is 13.8. The zero-order valence-electron chi connectivity index (χ0n) is 33.4. The van der Waals surface area contributed by atoms with Gasteiger partial charge in [0.15, 0.2) is 6.73 Å². The topological polar surface area (TPSA) is 208 Å². The Kier molecular flexibility index (Phi) is 15.5. The number of rotatable bonds is 17. The number of piperidine rings is 1. The summed E-state index contributed by atoms with van der Waals surface area (Å²) in [4.78, 5) is 95.5. The molecule has 20 heteroatoms. The van der Waals surface area contributed by atoms with Crippen LogP contribution in [0.2, 0.25) is 0 Å². The van der Waals surface area contributed by atoms with E-state index in [2.05, 4.69) is 31.5 Å². The number of hydrogen-bond acceptors (Lipinski definition) is 11. The molecule has 6 atom stereocenters. The number of carbonyl (C=O) groups excluding carboxylic acids is 7. The number of likely N-dealkylation sites (tertiary alicyclic amines) is 3. The van der Waals surface area contributed by atoms with Gasteiger partial charge in [0.1, 0.15) is 35.7 Å². The lowest BCUT2D eigenvalue weighted by Gasteiger charge is -2.45. The van der Waals surface area contributed by atoms with E-state index < -0.39 is 72.4 Å². The van der Waals surface area contributed by atoms with Crippen LogP contribution in [0.3, 0.4) is 0 Å². The number of hydrazine groups is 1. The Hall–Kier alpha value is -5.76. The summed E-state index contributed by atoms with van der Waals surface area (Å²) in [5.74, 6) is -2.65. The quantitative estimate of drug-likeness (QED) is 0.0513. The van der Waals surface area contributed by atoms with Crippen molar-refractivity contribution in [3.8, 4) is 5.75 Å². The van der Waals surface area contributed by atoms with Gasteiger partial charge in [-0.2, -0.15) is 5.43 Å². The lowest BCUT2D eigenvalue weighted by molar-refractivity contribution is -0.274. The molecule has 0 spiro atoms. The minimum atomic E-state index is -4.88. The molecule has 0 aliphatic carbocycles. The molecule has 0 bridgehead atoms. The van der Waals surface area contributed by atoms with Crippen molar-refractivity contribution >= 4 is 48.1 Å². The first-order valence-electron chi connectivity index (χ1n) is 19.8. The maximum absolute atomic E-state index is 13.8. The SMILES string of the molecule is C[C@H]1C[C@@H](C(=O)OCNNC(=O)[C@H](Cc2ccccc2)NC(=O)Nc2ccc(OC(F)(F)F)cc2)N(C(=O)[C@H](C)NC[C@@]2(C=O)CCCCN2C(=O)[C@@H]2CCCN2C=O)C1. The molecule has 0 aromatic heterocycles. The number of carbonyl (C=O) groups is 7. The van der Waals surface area contributed by atoms with E-state index in [4.69, 9.17) is 4.74 Å². The first kappa shape index (κ1) is 45.3. The highest BCUT2D eigenvalue weighted by molar-refractivity contribution is 5.94. The van der Waals surface area contributed by atoms with Crippen LogP contribution in [0.4, 0.5) is 23.7 Å². The van der Waals surface area contributed by atoms with Crippen molar-refractivity contribution in [1.29, 1.82) is 0 Å². The fourth-order valence-electron chi connectivity index (χ4n) is 7.81. The van der Waals surface area contributed by atoms with Gasteiger partial charge in [-0.25, -0.2) is 9.59 Å². The second kappa shape index (κ2) is 20.5. The summed E-state index contributed by atoms with van der Waals surface area (Å²) in [5, 5.41) is 8.12. The predicted molar refractivity (Wildman–Crippen MR) is 208 cm³/mol. The molecule has 0 unspecified atom stereocenters. The zero-order chi connectivity index (χ0) is 43.5. The molecule has 6 amide bonds. The molecule has 60 heavy (non-hydrogen) atoms. The molecular formula is C40H51F3N8O9. The van der Waals surface area contributed by atoms with Crippen LogP contribution < -0.4 is 31.5 Å². The number of hydrogen-bond donors (Lipinski definition) is 5. The maximum Gasteiger partial charge on any atom is 0.573 e. The third kappa shape index (κ3) is 11.9. The Balaban J connectivity index is 1.13. The van der Waals surface area contributed by atoms with E-state index in [0.717, 1.165) is 18.4 Å². The van der Waals surface area contributed by atoms with Gasteiger partial charge in [-0.3, -0.25) is 24.6 Å². The number of anilines is 1. The van der Waals surface area contributed by atoms with Gasteiger partial charge in [0, 0.05) is 38.3 Å². The second-order valence-electron chi connectivity index (χ2n) is 15.3. The van der Waals surface area contributed by atoms with Gasteiger partial charge in [-0.15, -0.1) is 13.2 Å². The summed E-state index contributed by atoms with van der Waals surface area (Å²) in [7, 11) is 0. The number of nitrogens with zero attached hydrogens (tertiary/aromatic N) is 3. The van der Waals surface area contributed by atoms with Crippen molar-refractivity contribution in [3.63, 3.8) is 0 Å². The average Bonchev–Trinajstić information content (AvgIpc) is 3.88. The van der Waals surface area contributed by atoms with E-state index in [1.165, 1.54) is 21.9 Å². The highest BCUT2D eigenvalue weighted by atomic mass is 19.4. The van der Waals surface area contributed by atoms with Gasteiger partial charge in [0.2, 0.25) is 18.2 Å². The van der Waals surface area contributed by atoms with Gasteiger partial charge in [0.25, 0.3) is 5.91 Å². The molecule has 3 aliphatic heterocycles.